The Balaban J connectivity index is 1.68. The molecule has 1 aliphatic heterocycles. The van der Waals surface area contributed by atoms with Crippen LogP contribution in [0.1, 0.15) is 39.3 Å². The van der Waals surface area contributed by atoms with Gasteiger partial charge in [0.15, 0.2) is 17.4 Å². The molecule has 1 saturated heterocycles. The van der Waals surface area contributed by atoms with Crippen molar-refractivity contribution in [1.29, 1.82) is 5.26 Å². The van der Waals surface area contributed by atoms with E-state index < -0.39 is 25.7 Å². The largest absolute Gasteiger partial charge is 0.472 e. The quantitative estimate of drug-likeness (QED) is 0.358. The number of amides is 1. The molecule has 3 N–H and O–H groups in total. The van der Waals surface area contributed by atoms with Crippen molar-refractivity contribution < 1.29 is 28.0 Å². The van der Waals surface area contributed by atoms with Crippen LogP contribution in [0, 0.1) is 17.2 Å². The summed E-state index contributed by atoms with van der Waals surface area (Å²) in [5.41, 5.74) is -0.456. The molecule has 0 bridgehead atoms. The van der Waals surface area contributed by atoms with Crippen LogP contribution in [0.15, 0.2) is 4.79 Å². The van der Waals surface area contributed by atoms with E-state index >= 15 is 0 Å². The van der Waals surface area contributed by atoms with E-state index in [9.17, 15) is 19.0 Å². The second-order valence-corrected chi connectivity index (χ2v) is 8.51. The maximum Gasteiger partial charge on any atom is 0.472 e. The first-order chi connectivity index (χ1) is 14.7. The zero-order valence-electron chi connectivity index (χ0n) is 16.8. The van der Waals surface area contributed by atoms with Crippen LogP contribution >= 0.6 is 7.82 Å². The summed E-state index contributed by atoms with van der Waals surface area (Å²) in [6, 6.07) is 1.79. The molecule has 1 amide bonds. The highest BCUT2D eigenvalue weighted by Gasteiger charge is 2.32. The SMILES string of the molecule is CC(C)C(=O)Nc1nc2c(nnn2[C@H]2CC[C@@H](COP(=O)(O)OCCC#N)O2)c(=O)[nH]1. The lowest BCUT2D eigenvalue weighted by Crippen LogP contribution is -2.23. The summed E-state index contributed by atoms with van der Waals surface area (Å²) in [6.07, 6.45) is -0.282. The fourth-order valence-electron chi connectivity index (χ4n) is 2.76. The lowest BCUT2D eigenvalue weighted by molar-refractivity contribution is -0.118. The van der Waals surface area contributed by atoms with E-state index in [0.29, 0.717) is 12.8 Å². The van der Waals surface area contributed by atoms with Gasteiger partial charge < -0.3 is 9.63 Å². The predicted octanol–water partition coefficient (Wildman–Crippen LogP) is 0.834. The highest BCUT2D eigenvalue weighted by Crippen LogP contribution is 2.44. The second-order valence-electron chi connectivity index (χ2n) is 7.06. The number of carbonyl (C=O) groups excluding carboxylic acids is 1. The number of ether oxygens (including phenoxy) is 1. The first-order valence-electron chi connectivity index (χ1n) is 9.50. The fraction of sp³-hybridized carbons (Fsp3) is 0.625. The Morgan fingerprint density at radius 2 is 2.26 bits per heavy atom. The van der Waals surface area contributed by atoms with Gasteiger partial charge >= 0.3 is 7.82 Å². The van der Waals surface area contributed by atoms with Crippen LogP contribution in [0.4, 0.5) is 5.95 Å². The first kappa shape index (κ1) is 23.0. The minimum absolute atomic E-state index is 0.0170. The normalized spacial score (nSPS) is 20.6. The minimum Gasteiger partial charge on any atom is -0.351 e. The van der Waals surface area contributed by atoms with Gasteiger partial charge in [-0.15, -0.1) is 5.10 Å². The highest BCUT2D eigenvalue weighted by molar-refractivity contribution is 7.47. The van der Waals surface area contributed by atoms with Gasteiger partial charge in [0.25, 0.3) is 5.56 Å². The summed E-state index contributed by atoms with van der Waals surface area (Å²) in [4.78, 5) is 40.4. The van der Waals surface area contributed by atoms with Crippen molar-refractivity contribution in [2.24, 2.45) is 5.92 Å². The summed E-state index contributed by atoms with van der Waals surface area (Å²) < 4.78 is 28.5. The van der Waals surface area contributed by atoms with Gasteiger partial charge in [0, 0.05) is 5.92 Å². The number of anilines is 1. The zero-order chi connectivity index (χ0) is 22.6. The Bertz CT molecular complexity index is 1090. The summed E-state index contributed by atoms with van der Waals surface area (Å²) >= 11 is 0. The van der Waals surface area contributed by atoms with Gasteiger partial charge in [0.2, 0.25) is 11.9 Å². The lowest BCUT2D eigenvalue weighted by atomic mass is 10.2. The number of nitrogens with zero attached hydrogens (tertiary/aromatic N) is 5. The molecule has 0 radical (unpaired) electrons. The van der Waals surface area contributed by atoms with Crippen LogP contribution in [0.25, 0.3) is 11.2 Å². The topological polar surface area (TPSA) is 194 Å². The van der Waals surface area contributed by atoms with Crippen LogP contribution in [0.2, 0.25) is 0 Å². The number of nitrogens with one attached hydrogen (secondary N) is 2. The Morgan fingerprint density at radius 3 is 2.97 bits per heavy atom. The van der Waals surface area contributed by atoms with Crippen LogP contribution < -0.4 is 10.9 Å². The van der Waals surface area contributed by atoms with Gasteiger partial charge in [-0.05, 0) is 12.8 Å². The molecule has 168 valence electrons. The number of hydrogen-bond acceptors (Lipinski definition) is 10. The van der Waals surface area contributed by atoms with Gasteiger partial charge in [-0.25, -0.2) is 4.57 Å². The number of carbonyl (C=O) groups is 1. The van der Waals surface area contributed by atoms with E-state index in [-0.39, 0.29) is 48.6 Å². The Hall–Kier alpha value is -2.69. The van der Waals surface area contributed by atoms with Crippen molar-refractivity contribution in [1.82, 2.24) is 25.0 Å². The first-order valence-corrected chi connectivity index (χ1v) is 11.0. The smallest absolute Gasteiger partial charge is 0.351 e. The third-order valence-corrected chi connectivity index (χ3v) is 5.33. The van der Waals surface area contributed by atoms with Crippen LogP contribution in [-0.2, 0) is 23.1 Å². The van der Waals surface area contributed by atoms with Crippen molar-refractivity contribution in [3.05, 3.63) is 10.4 Å². The zero-order valence-corrected chi connectivity index (χ0v) is 17.7. The minimum atomic E-state index is -4.29. The molecule has 2 aromatic heterocycles. The molecule has 1 aliphatic rings. The number of aromatic nitrogens is 5. The van der Waals surface area contributed by atoms with Gasteiger partial charge in [-0.1, -0.05) is 19.1 Å². The van der Waals surface area contributed by atoms with E-state index in [0.717, 1.165) is 0 Å². The molecule has 3 heterocycles. The maximum absolute atomic E-state index is 12.2. The van der Waals surface area contributed by atoms with Crippen molar-refractivity contribution in [3.63, 3.8) is 0 Å². The van der Waals surface area contributed by atoms with Crippen molar-refractivity contribution >= 4 is 30.8 Å². The highest BCUT2D eigenvalue weighted by atomic mass is 31.2. The molecule has 15 heteroatoms. The molecule has 0 aliphatic carbocycles. The number of phosphoric ester groups is 1. The van der Waals surface area contributed by atoms with Gasteiger partial charge in [-0.3, -0.25) is 28.9 Å². The number of hydrogen-bond donors (Lipinski definition) is 3. The van der Waals surface area contributed by atoms with Gasteiger partial charge in [-0.2, -0.15) is 14.9 Å². The molecule has 0 spiro atoms. The standard InChI is InChI=1S/C16H22N7O7P/c1-9(2)14(24)19-16-18-13-12(15(25)20-16)21-22-23(13)11-5-4-10(30-11)8-29-31(26,27)28-7-3-6-17/h9-11H,3-5,7-8H2,1-2H3,(H,26,27)(H2,18,19,20,24,25)/t10-,11+/m0/s1. The van der Waals surface area contributed by atoms with E-state index in [1.165, 1.54) is 4.68 Å². The Morgan fingerprint density at radius 1 is 1.48 bits per heavy atom. The van der Waals surface area contributed by atoms with Crippen LogP contribution in [-0.4, -0.2) is 55.1 Å². The molecule has 3 rings (SSSR count). The predicted molar refractivity (Wildman–Crippen MR) is 105 cm³/mol. The molecule has 1 fully saturated rings. The number of H-pyrrole nitrogens is 1. The van der Waals surface area contributed by atoms with E-state index in [4.69, 9.17) is 14.5 Å². The van der Waals surface area contributed by atoms with E-state index in [2.05, 4.69) is 30.1 Å². The molecule has 0 saturated carbocycles. The number of nitriles is 1. The molecule has 1 unspecified atom stereocenters. The third-order valence-electron chi connectivity index (χ3n) is 4.35. The van der Waals surface area contributed by atoms with Gasteiger partial charge in [0.05, 0.1) is 31.8 Å². The molecule has 0 aromatic carbocycles. The van der Waals surface area contributed by atoms with E-state index in [1.54, 1.807) is 19.9 Å². The van der Waals surface area contributed by atoms with Crippen LogP contribution in [0.5, 0.6) is 0 Å². The molecule has 31 heavy (non-hydrogen) atoms. The summed E-state index contributed by atoms with van der Waals surface area (Å²) in [6.45, 7) is 2.96. The van der Waals surface area contributed by atoms with Crippen LogP contribution in [0.3, 0.4) is 0 Å². The van der Waals surface area contributed by atoms with Gasteiger partial charge in [0.1, 0.15) is 0 Å². The number of aromatic amines is 1. The monoisotopic (exact) mass is 455 g/mol. The molecule has 14 nitrogen and oxygen atoms in total. The lowest BCUT2D eigenvalue weighted by Gasteiger charge is -2.16. The molecule has 3 atom stereocenters. The average molecular weight is 455 g/mol. The molecule has 2 aromatic rings. The number of rotatable bonds is 9. The second kappa shape index (κ2) is 9.63. The maximum atomic E-state index is 12.2. The van der Waals surface area contributed by atoms with Crippen molar-refractivity contribution in [2.75, 3.05) is 18.5 Å². The molecular formula is C16H22N7O7P. The fourth-order valence-corrected chi connectivity index (χ4v) is 3.52. The summed E-state index contributed by atoms with van der Waals surface area (Å²) in [5.74, 6) is -0.663. The Labute approximate surface area is 176 Å². The average Bonchev–Trinajstić information content (AvgIpc) is 3.33. The van der Waals surface area contributed by atoms with Crippen molar-refractivity contribution in [3.8, 4) is 6.07 Å². The Kier molecular flexibility index (Phi) is 7.14. The molecular weight excluding hydrogens is 433 g/mol. The number of phosphoric acid groups is 1. The van der Waals surface area contributed by atoms with Crippen molar-refractivity contribution in [2.45, 2.75) is 45.4 Å². The van der Waals surface area contributed by atoms with E-state index in [1.807, 2.05) is 0 Å². The number of fused-ring (bicyclic) bond motifs is 1. The third kappa shape index (κ3) is 5.72. The summed E-state index contributed by atoms with van der Waals surface area (Å²) in [7, 11) is -4.29. The summed E-state index contributed by atoms with van der Waals surface area (Å²) in [5, 5.41) is 18.7.